The second-order valence-electron chi connectivity index (χ2n) is 4.52. The molecule has 0 aromatic carbocycles. The van der Waals surface area contributed by atoms with Gasteiger partial charge in [0.25, 0.3) is 0 Å². The van der Waals surface area contributed by atoms with Gasteiger partial charge in [0, 0.05) is 13.2 Å². The summed E-state index contributed by atoms with van der Waals surface area (Å²) in [6, 6.07) is 4.52. The molecule has 0 aliphatic rings. The minimum absolute atomic E-state index is 0.405. The number of methoxy groups -OCH3 is 1. The van der Waals surface area contributed by atoms with E-state index in [1.807, 2.05) is 6.07 Å². The van der Waals surface area contributed by atoms with Crippen molar-refractivity contribution in [2.24, 2.45) is 0 Å². The topological polar surface area (TPSA) is 37.6 Å². The third-order valence-electron chi connectivity index (χ3n) is 3.06. The van der Waals surface area contributed by atoms with Crippen LogP contribution in [0.1, 0.15) is 32.3 Å². The first kappa shape index (κ1) is 15.2. The van der Waals surface area contributed by atoms with E-state index in [-0.39, 0.29) is 0 Å². The molecule has 0 aliphatic carbocycles. The molecule has 0 saturated heterocycles. The van der Waals surface area contributed by atoms with Crippen LogP contribution in [0.2, 0.25) is 0 Å². The second kappa shape index (κ2) is 8.29. The van der Waals surface area contributed by atoms with E-state index in [1.54, 1.807) is 7.11 Å². The Kier molecular flexibility index (Phi) is 7.01. The smallest absolute Gasteiger partial charge is 0.118 e. The number of hydrogen-bond acceptors (Lipinski definition) is 4. The van der Waals surface area contributed by atoms with Crippen molar-refractivity contribution >= 4 is 0 Å². The molecule has 1 aromatic rings. The molecule has 1 unspecified atom stereocenters. The predicted octanol–water partition coefficient (Wildman–Crippen LogP) is 2.25. The van der Waals surface area contributed by atoms with Crippen LogP contribution in [0.15, 0.2) is 16.5 Å². The molecular formula is C14H26N2O2. The molecule has 0 bridgehead atoms. The van der Waals surface area contributed by atoms with Crippen molar-refractivity contribution in [1.29, 1.82) is 0 Å². The summed E-state index contributed by atoms with van der Waals surface area (Å²) in [7, 11) is 1.74. The summed E-state index contributed by atoms with van der Waals surface area (Å²) in [5, 5.41) is 3.26. The molecular weight excluding hydrogens is 228 g/mol. The lowest BCUT2D eigenvalue weighted by atomic mass is 10.2. The van der Waals surface area contributed by atoms with Crippen LogP contribution in [0.5, 0.6) is 0 Å². The lowest BCUT2D eigenvalue weighted by Crippen LogP contribution is -2.35. The molecule has 0 saturated carbocycles. The average Bonchev–Trinajstić information content (AvgIpc) is 2.81. The van der Waals surface area contributed by atoms with Gasteiger partial charge in [0.1, 0.15) is 11.5 Å². The van der Waals surface area contributed by atoms with Gasteiger partial charge in [0.05, 0.1) is 19.7 Å². The van der Waals surface area contributed by atoms with E-state index in [1.165, 1.54) is 0 Å². The summed E-state index contributed by atoms with van der Waals surface area (Å²) in [5.74, 6) is 2.02. The summed E-state index contributed by atoms with van der Waals surface area (Å²) in [6.07, 6.45) is 0. The van der Waals surface area contributed by atoms with Crippen molar-refractivity contribution in [2.75, 3.05) is 26.8 Å². The molecule has 1 N–H and O–H groups in total. The fourth-order valence-electron chi connectivity index (χ4n) is 1.98. The highest BCUT2D eigenvalue weighted by molar-refractivity contribution is 5.07. The van der Waals surface area contributed by atoms with E-state index in [4.69, 9.17) is 9.15 Å². The third kappa shape index (κ3) is 4.80. The Balaban J connectivity index is 2.50. The minimum Gasteiger partial charge on any atom is -0.463 e. The van der Waals surface area contributed by atoms with Gasteiger partial charge in [0.15, 0.2) is 0 Å². The maximum Gasteiger partial charge on any atom is 0.118 e. The lowest BCUT2D eigenvalue weighted by Gasteiger charge is -2.26. The zero-order valence-electron chi connectivity index (χ0n) is 12.0. The lowest BCUT2D eigenvalue weighted by molar-refractivity contribution is 0.0933. The van der Waals surface area contributed by atoms with Crippen LogP contribution in [-0.2, 0) is 17.8 Å². The van der Waals surface area contributed by atoms with Gasteiger partial charge < -0.3 is 14.5 Å². The molecule has 0 spiro atoms. The molecule has 104 valence electrons. The Labute approximate surface area is 110 Å². The van der Waals surface area contributed by atoms with Crippen LogP contribution >= 0.6 is 0 Å². The normalized spacial score (nSPS) is 13.2. The van der Waals surface area contributed by atoms with Crippen molar-refractivity contribution in [3.05, 3.63) is 23.7 Å². The third-order valence-corrected chi connectivity index (χ3v) is 3.06. The van der Waals surface area contributed by atoms with Crippen LogP contribution < -0.4 is 5.32 Å². The summed E-state index contributed by atoms with van der Waals surface area (Å²) < 4.78 is 11.0. The zero-order valence-corrected chi connectivity index (χ0v) is 12.0. The first-order valence-corrected chi connectivity index (χ1v) is 6.72. The largest absolute Gasteiger partial charge is 0.463 e. The second-order valence-corrected chi connectivity index (χ2v) is 4.52. The van der Waals surface area contributed by atoms with Gasteiger partial charge in [-0.1, -0.05) is 13.8 Å². The number of ether oxygens (including phenoxy) is 1. The number of nitrogens with one attached hydrogen (secondary N) is 1. The molecule has 0 fully saturated rings. The molecule has 1 heterocycles. The van der Waals surface area contributed by atoms with Crippen LogP contribution in [-0.4, -0.2) is 37.7 Å². The molecule has 4 heteroatoms. The number of furan rings is 1. The maximum atomic E-state index is 5.80. The Morgan fingerprint density at radius 2 is 2.06 bits per heavy atom. The molecule has 1 atom stereocenters. The van der Waals surface area contributed by atoms with Crippen molar-refractivity contribution in [3.8, 4) is 0 Å². The number of hydrogen-bond donors (Lipinski definition) is 1. The first-order valence-electron chi connectivity index (χ1n) is 6.72. The Morgan fingerprint density at radius 1 is 1.33 bits per heavy atom. The van der Waals surface area contributed by atoms with Gasteiger partial charge in [-0.05, 0) is 32.1 Å². The number of rotatable bonds is 9. The highest BCUT2D eigenvalue weighted by atomic mass is 16.5. The van der Waals surface area contributed by atoms with E-state index in [2.05, 4.69) is 37.1 Å². The Bertz CT molecular complexity index is 325. The first-order chi connectivity index (χ1) is 8.71. The van der Waals surface area contributed by atoms with Gasteiger partial charge >= 0.3 is 0 Å². The van der Waals surface area contributed by atoms with Crippen LogP contribution in [0.3, 0.4) is 0 Å². The fraction of sp³-hybridized carbons (Fsp3) is 0.714. The van der Waals surface area contributed by atoms with Crippen molar-refractivity contribution in [2.45, 2.75) is 39.9 Å². The van der Waals surface area contributed by atoms with Gasteiger partial charge in [-0.2, -0.15) is 0 Å². The van der Waals surface area contributed by atoms with E-state index in [0.717, 1.165) is 44.3 Å². The molecule has 1 rings (SSSR count). The van der Waals surface area contributed by atoms with Gasteiger partial charge in [-0.3, -0.25) is 4.90 Å². The standard InChI is InChI=1S/C14H26N2O2/c1-5-15-9-13-7-8-14(18-13)10-16(6-2)12(3)11-17-4/h7-8,12,15H,5-6,9-11H2,1-4H3. The molecule has 0 radical (unpaired) electrons. The van der Waals surface area contributed by atoms with Crippen LogP contribution in [0.4, 0.5) is 0 Å². The number of likely N-dealkylation sites (N-methyl/N-ethyl adjacent to an activating group) is 1. The predicted molar refractivity (Wildman–Crippen MR) is 73.5 cm³/mol. The molecule has 0 amide bonds. The summed E-state index contributed by atoms with van der Waals surface area (Å²) in [5.41, 5.74) is 0. The number of nitrogens with zero attached hydrogens (tertiary/aromatic N) is 1. The van der Waals surface area contributed by atoms with E-state index < -0.39 is 0 Å². The van der Waals surface area contributed by atoms with Crippen LogP contribution in [0, 0.1) is 0 Å². The van der Waals surface area contributed by atoms with E-state index in [0.29, 0.717) is 6.04 Å². The highest BCUT2D eigenvalue weighted by Gasteiger charge is 2.14. The average molecular weight is 254 g/mol. The Hall–Kier alpha value is -0.840. The Morgan fingerprint density at radius 3 is 2.67 bits per heavy atom. The van der Waals surface area contributed by atoms with Crippen molar-refractivity contribution in [1.82, 2.24) is 10.2 Å². The summed E-state index contributed by atoms with van der Waals surface area (Å²) in [4.78, 5) is 2.35. The van der Waals surface area contributed by atoms with Gasteiger partial charge in [0.2, 0.25) is 0 Å². The summed E-state index contributed by atoms with van der Waals surface area (Å²) >= 11 is 0. The molecule has 1 aromatic heterocycles. The van der Waals surface area contributed by atoms with E-state index >= 15 is 0 Å². The van der Waals surface area contributed by atoms with Crippen LogP contribution in [0.25, 0.3) is 0 Å². The van der Waals surface area contributed by atoms with Crippen molar-refractivity contribution < 1.29 is 9.15 Å². The fourth-order valence-corrected chi connectivity index (χ4v) is 1.98. The summed E-state index contributed by atoms with van der Waals surface area (Å²) in [6.45, 7) is 10.8. The molecule has 0 aliphatic heterocycles. The van der Waals surface area contributed by atoms with Gasteiger partial charge in [-0.25, -0.2) is 0 Å². The minimum atomic E-state index is 0.405. The van der Waals surface area contributed by atoms with E-state index in [9.17, 15) is 0 Å². The monoisotopic (exact) mass is 254 g/mol. The zero-order chi connectivity index (χ0) is 13.4. The molecule has 4 nitrogen and oxygen atoms in total. The SMILES string of the molecule is CCNCc1ccc(CN(CC)C(C)COC)o1. The highest BCUT2D eigenvalue weighted by Crippen LogP contribution is 2.12. The van der Waals surface area contributed by atoms with Crippen molar-refractivity contribution in [3.63, 3.8) is 0 Å². The van der Waals surface area contributed by atoms with Gasteiger partial charge in [-0.15, -0.1) is 0 Å². The molecule has 18 heavy (non-hydrogen) atoms. The quantitative estimate of drug-likeness (QED) is 0.733. The maximum absolute atomic E-state index is 5.80.